The molecule has 0 bridgehead atoms. The van der Waals surface area contributed by atoms with Crippen molar-refractivity contribution in [2.75, 3.05) is 6.61 Å². The van der Waals surface area contributed by atoms with E-state index in [1.165, 1.54) is 13.8 Å². The number of hydrogen-bond donors (Lipinski definition) is 5. The zero-order valence-electron chi connectivity index (χ0n) is 9.15. The van der Waals surface area contributed by atoms with Crippen LogP contribution in [0.2, 0.25) is 0 Å². The van der Waals surface area contributed by atoms with Crippen LogP contribution in [0.1, 0.15) is 13.8 Å². The first-order chi connectivity index (χ1) is 7.32. The maximum Gasteiger partial charge on any atom is 0.337 e. The molecule has 16 heavy (non-hydrogen) atoms. The number of rotatable bonds is 6. The molecule has 0 saturated carbocycles. The van der Waals surface area contributed by atoms with Gasteiger partial charge in [-0.15, -0.1) is 0 Å². The van der Waals surface area contributed by atoms with Crippen LogP contribution in [0, 0.1) is 0 Å². The third-order valence-corrected chi connectivity index (χ3v) is 2.05. The van der Waals surface area contributed by atoms with Crippen molar-refractivity contribution < 1.29 is 35.1 Å². The predicted molar refractivity (Wildman–Crippen MR) is 52.3 cm³/mol. The lowest BCUT2D eigenvalue weighted by Crippen LogP contribution is -2.51. The van der Waals surface area contributed by atoms with E-state index < -0.39 is 36.5 Å². The Morgan fingerprint density at radius 3 is 1.94 bits per heavy atom. The summed E-state index contributed by atoms with van der Waals surface area (Å²) < 4.78 is 4.41. The van der Waals surface area contributed by atoms with E-state index in [2.05, 4.69) is 4.74 Å². The fraction of sp³-hybridized carbons (Fsp3) is 0.889. The first kappa shape index (κ1) is 15.3. The molecule has 0 amide bonds. The highest BCUT2D eigenvalue weighted by Crippen LogP contribution is 2.09. The van der Waals surface area contributed by atoms with Crippen LogP contribution in [0.5, 0.6) is 0 Å². The average Bonchev–Trinajstić information content (AvgIpc) is 2.25. The molecule has 96 valence electrons. The van der Waals surface area contributed by atoms with Gasteiger partial charge in [0.2, 0.25) is 0 Å². The van der Waals surface area contributed by atoms with E-state index in [4.69, 9.17) is 5.11 Å². The molecule has 0 aliphatic rings. The molecular weight excluding hydrogens is 220 g/mol. The van der Waals surface area contributed by atoms with Crippen LogP contribution >= 0.6 is 0 Å². The lowest BCUT2D eigenvalue weighted by atomic mass is 10.00. The van der Waals surface area contributed by atoms with Gasteiger partial charge in [-0.25, -0.2) is 4.79 Å². The molecule has 0 saturated heterocycles. The second-order valence-electron chi connectivity index (χ2n) is 3.41. The van der Waals surface area contributed by atoms with E-state index in [1.807, 2.05) is 0 Å². The largest absolute Gasteiger partial charge is 0.464 e. The van der Waals surface area contributed by atoms with Crippen LogP contribution in [0.4, 0.5) is 0 Å². The summed E-state index contributed by atoms with van der Waals surface area (Å²) >= 11 is 0. The van der Waals surface area contributed by atoms with E-state index in [-0.39, 0.29) is 6.61 Å². The first-order valence-corrected chi connectivity index (χ1v) is 4.89. The maximum absolute atomic E-state index is 11.0. The normalized spacial score (nSPS) is 20.7. The molecule has 7 nitrogen and oxygen atoms in total. The zero-order valence-corrected chi connectivity index (χ0v) is 9.15. The zero-order chi connectivity index (χ0) is 12.9. The highest BCUT2D eigenvalue weighted by atomic mass is 16.5. The molecule has 0 spiro atoms. The van der Waals surface area contributed by atoms with Crippen molar-refractivity contribution in [1.29, 1.82) is 0 Å². The summed E-state index contributed by atoms with van der Waals surface area (Å²) in [7, 11) is 0. The monoisotopic (exact) mass is 238 g/mol. The van der Waals surface area contributed by atoms with Gasteiger partial charge in [-0.05, 0) is 13.8 Å². The van der Waals surface area contributed by atoms with Gasteiger partial charge in [0, 0.05) is 0 Å². The van der Waals surface area contributed by atoms with Crippen LogP contribution in [-0.2, 0) is 9.53 Å². The average molecular weight is 238 g/mol. The fourth-order valence-corrected chi connectivity index (χ4v) is 1.04. The molecule has 5 atom stereocenters. The van der Waals surface area contributed by atoms with E-state index in [0.29, 0.717) is 0 Å². The topological polar surface area (TPSA) is 127 Å². The van der Waals surface area contributed by atoms with Crippen molar-refractivity contribution in [3.63, 3.8) is 0 Å². The van der Waals surface area contributed by atoms with Crippen molar-refractivity contribution in [3.8, 4) is 0 Å². The van der Waals surface area contributed by atoms with E-state index in [0.717, 1.165) is 0 Å². The smallest absolute Gasteiger partial charge is 0.337 e. The highest BCUT2D eigenvalue weighted by molar-refractivity contribution is 5.75. The number of ether oxygens (including phenoxy) is 1. The third kappa shape index (κ3) is 4.03. The molecule has 0 aromatic heterocycles. The minimum absolute atomic E-state index is 0.0116. The minimum Gasteiger partial charge on any atom is -0.464 e. The van der Waals surface area contributed by atoms with Crippen molar-refractivity contribution >= 4 is 5.97 Å². The summed E-state index contributed by atoms with van der Waals surface area (Å²) in [5, 5.41) is 46.0. The molecule has 0 rings (SSSR count). The molecular formula is C9H18O7. The van der Waals surface area contributed by atoms with Crippen molar-refractivity contribution in [2.45, 2.75) is 44.4 Å². The van der Waals surface area contributed by atoms with Gasteiger partial charge in [0.15, 0.2) is 6.10 Å². The molecule has 0 aromatic carbocycles. The van der Waals surface area contributed by atoms with E-state index in [1.54, 1.807) is 0 Å². The van der Waals surface area contributed by atoms with Gasteiger partial charge in [-0.1, -0.05) is 0 Å². The quantitative estimate of drug-likeness (QED) is 0.320. The summed E-state index contributed by atoms with van der Waals surface area (Å²) in [5.41, 5.74) is 0. The lowest BCUT2D eigenvalue weighted by Gasteiger charge is -2.26. The Morgan fingerprint density at radius 1 is 1.06 bits per heavy atom. The number of carbonyl (C=O) groups excluding carboxylic acids is 1. The van der Waals surface area contributed by atoms with E-state index in [9.17, 15) is 25.2 Å². The van der Waals surface area contributed by atoms with Gasteiger partial charge in [-0.3, -0.25) is 0 Å². The molecule has 7 heteroatoms. The molecule has 0 aliphatic carbocycles. The number of aliphatic hydroxyl groups is 5. The fourth-order valence-electron chi connectivity index (χ4n) is 1.04. The van der Waals surface area contributed by atoms with Crippen molar-refractivity contribution in [2.24, 2.45) is 0 Å². The summed E-state index contributed by atoms with van der Waals surface area (Å²) in [6, 6.07) is 0. The Kier molecular flexibility index (Phi) is 6.46. The molecule has 0 unspecified atom stereocenters. The number of hydrogen-bond acceptors (Lipinski definition) is 7. The van der Waals surface area contributed by atoms with Gasteiger partial charge in [0.1, 0.15) is 18.3 Å². The van der Waals surface area contributed by atoms with Crippen LogP contribution in [0.3, 0.4) is 0 Å². The molecule has 0 radical (unpaired) electrons. The Bertz CT molecular complexity index is 218. The van der Waals surface area contributed by atoms with Gasteiger partial charge in [0.25, 0.3) is 0 Å². The Labute approximate surface area is 92.9 Å². The highest BCUT2D eigenvalue weighted by Gasteiger charge is 2.36. The Balaban J connectivity index is 4.42. The predicted octanol–water partition coefficient (Wildman–Crippen LogP) is -2.63. The summed E-state index contributed by atoms with van der Waals surface area (Å²) in [4.78, 5) is 11.0. The number of carbonyl (C=O) groups is 1. The molecule has 0 heterocycles. The second-order valence-corrected chi connectivity index (χ2v) is 3.41. The van der Waals surface area contributed by atoms with Crippen molar-refractivity contribution in [3.05, 3.63) is 0 Å². The van der Waals surface area contributed by atoms with Gasteiger partial charge in [-0.2, -0.15) is 0 Å². The summed E-state index contributed by atoms with van der Waals surface area (Å²) in [6.45, 7) is 2.72. The van der Waals surface area contributed by atoms with Crippen molar-refractivity contribution in [1.82, 2.24) is 0 Å². The van der Waals surface area contributed by atoms with Crippen LogP contribution < -0.4 is 0 Å². The minimum atomic E-state index is -1.97. The number of aliphatic hydroxyl groups excluding tert-OH is 5. The van der Waals surface area contributed by atoms with Crippen LogP contribution in [0.25, 0.3) is 0 Å². The van der Waals surface area contributed by atoms with Crippen LogP contribution in [0.15, 0.2) is 0 Å². The SMILES string of the molecule is CCOC(=O)[C@H](O)[C@H](O)[C@H](O)[C@H](O)[C@@H](C)O. The molecule has 0 fully saturated rings. The summed E-state index contributed by atoms with van der Waals surface area (Å²) in [5.74, 6) is -1.10. The Morgan fingerprint density at radius 2 is 1.56 bits per heavy atom. The number of esters is 1. The molecule has 0 aromatic rings. The second kappa shape index (κ2) is 6.77. The third-order valence-electron chi connectivity index (χ3n) is 2.05. The Hall–Kier alpha value is -0.730. The lowest BCUT2D eigenvalue weighted by molar-refractivity contribution is -0.172. The maximum atomic E-state index is 11.0. The summed E-state index contributed by atoms with van der Waals surface area (Å²) in [6.07, 6.45) is -8.72. The molecule has 5 N–H and O–H groups in total. The van der Waals surface area contributed by atoms with Gasteiger partial charge >= 0.3 is 5.97 Å². The van der Waals surface area contributed by atoms with Gasteiger partial charge in [0.05, 0.1) is 12.7 Å². The van der Waals surface area contributed by atoms with E-state index >= 15 is 0 Å². The van der Waals surface area contributed by atoms with Gasteiger partial charge < -0.3 is 30.3 Å². The first-order valence-electron chi connectivity index (χ1n) is 4.89. The molecule has 0 aliphatic heterocycles. The standard InChI is InChI=1S/C9H18O7/c1-3-16-9(15)8(14)7(13)6(12)5(11)4(2)10/h4-8,10-14H,3H2,1-2H3/t4-,5-,6-,7-,8-/m1/s1. The van der Waals surface area contributed by atoms with Crippen LogP contribution in [-0.4, -0.2) is 68.6 Å².